The molecule has 27 heavy (non-hydrogen) atoms. The van der Waals surface area contributed by atoms with E-state index in [-0.39, 0.29) is 11.9 Å². The van der Waals surface area contributed by atoms with Crippen molar-refractivity contribution in [3.63, 3.8) is 0 Å². The number of aromatic nitrogens is 1. The fourth-order valence-electron chi connectivity index (χ4n) is 3.56. The zero-order valence-corrected chi connectivity index (χ0v) is 16.6. The van der Waals surface area contributed by atoms with Gasteiger partial charge in [0.2, 0.25) is 0 Å². The minimum absolute atomic E-state index is 0.0106. The highest BCUT2D eigenvalue weighted by molar-refractivity contribution is 7.09. The molecule has 0 aliphatic carbocycles. The zero-order chi connectivity index (χ0) is 19.6. The number of hydrogen-bond donors (Lipinski definition) is 1. The number of carbonyl (C=O) groups is 2. The lowest BCUT2D eigenvalue weighted by Crippen LogP contribution is -2.38. The highest BCUT2D eigenvalue weighted by Gasteiger charge is 2.31. The van der Waals surface area contributed by atoms with Gasteiger partial charge in [0.05, 0.1) is 6.04 Å². The molecule has 1 saturated heterocycles. The number of nitrogens with zero attached hydrogens (tertiary/aromatic N) is 2. The molecule has 7 heteroatoms. The van der Waals surface area contributed by atoms with Gasteiger partial charge >= 0.3 is 5.97 Å². The molecule has 2 heterocycles. The van der Waals surface area contributed by atoms with Gasteiger partial charge in [-0.1, -0.05) is 0 Å². The normalized spacial score (nSPS) is 17.0. The number of ether oxygens (including phenoxy) is 1. The largest absolute Gasteiger partial charge is 0.481 e. The SMILES string of the molecule is Cc1csc(C2CCCCN2C(=O)c2cc(C)c(OCC(=O)O)c(C)c2)n1. The molecule has 1 unspecified atom stereocenters. The van der Waals surface area contributed by atoms with E-state index in [4.69, 9.17) is 9.84 Å². The van der Waals surface area contributed by atoms with Gasteiger partial charge in [-0.3, -0.25) is 4.79 Å². The average Bonchev–Trinajstić information content (AvgIpc) is 3.06. The Kier molecular flexibility index (Phi) is 5.79. The van der Waals surface area contributed by atoms with Crippen molar-refractivity contribution in [2.45, 2.75) is 46.1 Å². The van der Waals surface area contributed by atoms with Crippen LogP contribution in [0, 0.1) is 20.8 Å². The Morgan fingerprint density at radius 3 is 2.56 bits per heavy atom. The number of thiazole rings is 1. The Hall–Kier alpha value is -2.41. The van der Waals surface area contributed by atoms with Crippen molar-refractivity contribution in [2.24, 2.45) is 0 Å². The smallest absolute Gasteiger partial charge is 0.341 e. The summed E-state index contributed by atoms with van der Waals surface area (Å²) in [5, 5.41) is 11.8. The van der Waals surface area contributed by atoms with E-state index in [9.17, 15) is 9.59 Å². The average molecular weight is 388 g/mol. The zero-order valence-electron chi connectivity index (χ0n) is 15.8. The quantitative estimate of drug-likeness (QED) is 0.840. The molecule has 1 fully saturated rings. The maximum absolute atomic E-state index is 13.2. The van der Waals surface area contributed by atoms with Crippen LogP contribution in [0.5, 0.6) is 5.75 Å². The van der Waals surface area contributed by atoms with Crippen molar-refractivity contribution in [1.29, 1.82) is 0 Å². The summed E-state index contributed by atoms with van der Waals surface area (Å²) in [5.41, 5.74) is 3.11. The third-order valence-corrected chi connectivity index (χ3v) is 5.80. The number of amides is 1. The predicted molar refractivity (Wildman–Crippen MR) is 104 cm³/mol. The first kappa shape index (κ1) is 19.4. The first-order valence-corrected chi connectivity index (χ1v) is 9.93. The molecule has 0 bridgehead atoms. The van der Waals surface area contributed by atoms with E-state index in [0.717, 1.165) is 47.6 Å². The summed E-state index contributed by atoms with van der Waals surface area (Å²) in [6.45, 7) is 5.96. The van der Waals surface area contributed by atoms with Crippen LogP contribution in [0.2, 0.25) is 0 Å². The molecule has 0 saturated carbocycles. The molecule has 1 atom stereocenters. The fourth-order valence-corrected chi connectivity index (χ4v) is 4.50. The maximum Gasteiger partial charge on any atom is 0.341 e. The van der Waals surface area contributed by atoms with Crippen LogP contribution in [0.1, 0.15) is 57.5 Å². The Labute approximate surface area is 162 Å². The Bertz CT molecular complexity index is 838. The van der Waals surface area contributed by atoms with E-state index < -0.39 is 12.6 Å². The van der Waals surface area contributed by atoms with E-state index >= 15 is 0 Å². The van der Waals surface area contributed by atoms with E-state index in [0.29, 0.717) is 11.3 Å². The summed E-state index contributed by atoms with van der Waals surface area (Å²) in [5.74, 6) is -0.507. The number of hydrogen-bond acceptors (Lipinski definition) is 5. The van der Waals surface area contributed by atoms with Gasteiger partial charge in [0.1, 0.15) is 10.8 Å². The standard InChI is InChI=1S/C20H24N2O4S/c1-12-8-15(9-13(2)18(12)26-10-17(23)24)20(25)22-7-5-4-6-16(22)19-21-14(3)11-27-19/h8-9,11,16H,4-7,10H2,1-3H3,(H,23,24). The van der Waals surface area contributed by atoms with Crippen LogP contribution in [0.25, 0.3) is 0 Å². The molecular weight excluding hydrogens is 364 g/mol. The summed E-state index contributed by atoms with van der Waals surface area (Å²) < 4.78 is 5.37. The van der Waals surface area contributed by atoms with Crippen molar-refractivity contribution in [3.05, 3.63) is 44.9 Å². The number of carboxylic acid groups (broad SMARTS) is 1. The van der Waals surface area contributed by atoms with Gasteiger partial charge in [0.25, 0.3) is 5.91 Å². The van der Waals surface area contributed by atoms with Gasteiger partial charge in [-0.05, 0) is 63.3 Å². The summed E-state index contributed by atoms with van der Waals surface area (Å²) in [6, 6.07) is 3.59. The van der Waals surface area contributed by atoms with Crippen molar-refractivity contribution < 1.29 is 19.4 Å². The number of piperidine rings is 1. The molecule has 3 rings (SSSR count). The lowest BCUT2D eigenvalue weighted by molar-refractivity contribution is -0.139. The van der Waals surface area contributed by atoms with Crippen LogP contribution in [-0.2, 0) is 4.79 Å². The lowest BCUT2D eigenvalue weighted by atomic mass is 9.99. The van der Waals surface area contributed by atoms with Gasteiger partial charge in [-0.2, -0.15) is 0 Å². The van der Waals surface area contributed by atoms with Crippen molar-refractivity contribution >= 4 is 23.2 Å². The Balaban J connectivity index is 1.86. The van der Waals surface area contributed by atoms with Crippen LogP contribution >= 0.6 is 11.3 Å². The number of benzene rings is 1. The second kappa shape index (κ2) is 8.08. The summed E-state index contributed by atoms with van der Waals surface area (Å²) in [6.07, 6.45) is 3.01. The highest BCUT2D eigenvalue weighted by atomic mass is 32.1. The third-order valence-electron chi connectivity index (χ3n) is 4.73. The number of carboxylic acids is 1. The van der Waals surface area contributed by atoms with Crippen LogP contribution in [-0.4, -0.2) is 40.0 Å². The summed E-state index contributed by atoms with van der Waals surface area (Å²) in [7, 11) is 0. The molecule has 1 aromatic heterocycles. The highest BCUT2D eigenvalue weighted by Crippen LogP contribution is 2.34. The van der Waals surface area contributed by atoms with Gasteiger partial charge in [-0.25, -0.2) is 9.78 Å². The van der Waals surface area contributed by atoms with Crippen LogP contribution < -0.4 is 4.74 Å². The minimum atomic E-state index is -1.02. The van der Waals surface area contributed by atoms with E-state index in [2.05, 4.69) is 4.98 Å². The molecule has 1 aromatic carbocycles. The van der Waals surface area contributed by atoms with Gasteiger partial charge in [0, 0.05) is 23.2 Å². The third kappa shape index (κ3) is 4.30. The fraction of sp³-hybridized carbons (Fsp3) is 0.450. The van der Waals surface area contributed by atoms with Gasteiger partial charge in [0.15, 0.2) is 6.61 Å². The Morgan fingerprint density at radius 2 is 1.96 bits per heavy atom. The second-order valence-electron chi connectivity index (χ2n) is 6.96. The second-order valence-corrected chi connectivity index (χ2v) is 7.85. The number of rotatable bonds is 5. The number of likely N-dealkylation sites (tertiary alicyclic amines) is 1. The Morgan fingerprint density at radius 1 is 1.26 bits per heavy atom. The monoisotopic (exact) mass is 388 g/mol. The summed E-state index contributed by atoms with van der Waals surface area (Å²) in [4.78, 5) is 30.5. The molecule has 1 amide bonds. The molecule has 0 spiro atoms. The first-order valence-electron chi connectivity index (χ1n) is 9.05. The van der Waals surface area contributed by atoms with Crippen molar-refractivity contribution in [2.75, 3.05) is 13.2 Å². The molecule has 1 aliphatic rings. The van der Waals surface area contributed by atoms with Crippen LogP contribution in [0.15, 0.2) is 17.5 Å². The lowest BCUT2D eigenvalue weighted by Gasteiger charge is -2.34. The number of carbonyl (C=O) groups excluding carboxylic acids is 1. The molecule has 2 aromatic rings. The van der Waals surface area contributed by atoms with E-state index in [1.165, 1.54) is 0 Å². The van der Waals surface area contributed by atoms with E-state index in [1.54, 1.807) is 23.5 Å². The van der Waals surface area contributed by atoms with Gasteiger partial charge in [-0.15, -0.1) is 11.3 Å². The number of aryl methyl sites for hydroxylation is 3. The maximum atomic E-state index is 13.2. The summed E-state index contributed by atoms with van der Waals surface area (Å²) >= 11 is 1.61. The topological polar surface area (TPSA) is 79.7 Å². The van der Waals surface area contributed by atoms with Gasteiger partial charge < -0.3 is 14.7 Å². The molecule has 6 nitrogen and oxygen atoms in total. The van der Waals surface area contributed by atoms with Crippen LogP contribution in [0.3, 0.4) is 0 Å². The van der Waals surface area contributed by atoms with Crippen molar-refractivity contribution in [1.82, 2.24) is 9.88 Å². The van der Waals surface area contributed by atoms with E-state index in [1.807, 2.05) is 31.1 Å². The molecule has 1 aliphatic heterocycles. The first-order chi connectivity index (χ1) is 12.9. The number of aliphatic carboxylic acids is 1. The molecule has 1 N–H and O–H groups in total. The molecule has 0 radical (unpaired) electrons. The minimum Gasteiger partial charge on any atom is -0.481 e. The van der Waals surface area contributed by atoms with Crippen molar-refractivity contribution in [3.8, 4) is 5.75 Å². The molecule has 144 valence electrons. The molecular formula is C20H24N2O4S. The van der Waals surface area contributed by atoms with Crippen LogP contribution in [0.4, 0.5) is 0 Å². The predicted octanol–water partition coefficient (Wildman–Crippen LogP) is 3.90.